The summed E-state index contributed by atoms with van der Waals surface area (Å²) in [5.74, 6) is -1.61. The van der Waals surface area contributed by atoms with E-state index < -0.39 is 11.9 Å². The molecule has 0 fully saturated rings. The summed E-state index contributed by atoms with van der Waals surface area (Å²) in [5.41, 5.74) is 0. The summed E-state index contributed by atoms with van der Waals surface area (Å²) >= 11 is 0. The van der Waals surface area contributed by atoms with Crippen LogP contribution in [-0.4, -0.2) is 22.2 Å². The molecule has 4 nitrogen and oxygen atoms in total. The SMILES string of the molecule is O=C(O)C=CC=CC=CCCCCCCCCCCCCC(=O)O. The van der Waals surface area contributed by atoms with Crippen LogP contribution in [0.4, 0.5) is 0 Å². The van der Waals surface area contributed by atoms with Crippen LogP contribution in [0.3, 0.4) is 0 Å². The Hall–Kier alpha value is -1.84. The summed E-state index contributed by atoms with van der Waals surface area (Å²) in [6.07, 6.45) is 23.4. The van der Waals surface area contributed by atoms with Crippen molar-refractivity contribution in [1.82, 2.24) is 0 Å². The third-order valence-corrected chi connectivity index (χ3v) is 3.72. The monoisotopic (exact) mass is 336 g/mol. The number of aliphatic carboxylic acids is 2. The second kappa shape index (κ2) is 17.5. The van der Waals surface area contributed by atoms with Crippen molar-refractivity contribution in [2.75, 3.05) is 0 Å². The van der Waals surface area contributed by atoms with Gasteiger partial charge in [0.15, 0.2) is 0 Å². The fraction of sp³-hybridized carbons (Fsp3) is 0.600. The Morgan fingerprint density at radius 1 is 0.625 bits per heavy atom. The van der Waals surface area contributed by atoms with Gasteiger partial charge in [0.1, 0.15) is 0 Å². The molecule has 0 spiro atoms. The second-order valence-electron chi connectivity index (χ2n) is 5.98. The molecule has 0 radical (unpaired) electrons. The molecule has 0 aromatic rings. The van der Waals surface area contributed by atoms with Crippen LogP contribution in [0.5, 0.6) is 0 Å². The first-order valence-electron chi connectivity index (χ1n) is 9.07. The van der Waals surface area contributed by atoms with E-state index in [2.05, 4.69) is 6.08 Å². The van der Waals surface area contributed by atoms with Crippen LogP contribution in [0.2, 0.25) is 0 Å². The Morgan fingerprint density at radius 2 is 1.12 bits per heavy atom. The molecule has 136 valence electrons. The molecule has 2 N–H and O–H groups in total. The van der Waals surface area contributed by atoms with Gasteiger partial charge in [-0.15, -0.1) is 0 Å². The quantitative estimate of drug-likeness (QED) is 0.221. The van der Waals surface area contributed by atoms with Crippen molar-refractivity contribution >= 4 is 11.9 Å². The standard InChI is InChI=1S/C20H32O4/c21-19(22)17-15-13-11-9-7-5-3-1-2-4-6-8-10-12-14-16-18-20(23)24/h7,9,11,13,15,17H,1-6,8,10,12,14,16,18H2,(H,21,22)(H,23,24). The largest absolute Gasteiger partial charge is 0.481 e. The van der Waals surface area contributed by atoms with E-state index in [4.69, 9.17) is 10.2 Å². The fourth-order valence-electron chi connectivity index (χ4n) is 2.39. The summed E-state index contributed by atoms with van der Waals surface area (Å²) in [6, 6.07) is 0. The molecule has 0 aliphatic rings. The highest BCUT2D eigenvalue weighted by Crippen LogP contribution is 2.12. The van der Waals surface area contributed by atoms with Crippen molar-refractivity contribution in [2.24, 2.45) is 0 Å². The zero-order valence-corrected chi connectivity index (χ0v) is 14.7. The molecule has 0 heterocycles. The van der Waals surface area contributed by atoms with E-state index in [1.54, 1.807) is 6.08 Å². The van der Waals surface area contributed by atoms with Crippen LogP contribution < -0.4 is 0 Å². The number of carboxylic acids is 2. The van der Waals surface area contributed by atoms with Gasteiger partial charge in [-0.25, -0.2) is 4.79 Å². The molecule has 0 aliphatic carbocycles. The highest BCUT2D eigenvalue weighted by molar-refractivity contribution is 5.80. The van der Waals surface area contributed by atoms with Gasteiger partial charge in [0, 0.05) is 12.5 Å². The normalized spacial score (nSPS) is 11.8. The summed E-state index contributed by atoms with van der Waals surface area (Å²) in [4.78, 5) is 20.6. The number of carboxylic acid groups (broad SMARTS) is 2. The van der Waals surface area contributed by atoms with Crippen LogP contribution in [0.25, 0.3) is 0 Å². The minimum absolute atomic E-state index is 0.309. The zero-order chi connectivity index (χ0) is 17.9. The van der Waals surface area contributed by atoms with E-state index in [1.165, 1.54) is 51.0 Å². The van der Waals surface area contributed by atoms with Gasteiger partial charge in [0.25, 0.3) is 0 Å². The van der Waals surface area contributed by atoms with Gasteiger partial charge in [-0.3, -0.25) is 4.79 Å². The van der Waals surface area contributed by atoms with Crippen LogP contribution >= 0.6 is 0 Å². The van der Waals surface area contributed by atoms with Gasteiger partial charge in [0.05, 0.1) is 0 Å². The van der Waals surface area contributed by atoms with Crippen molar-refractivity contribution in [3.8, 4) is 0 Å². The molecule has 0 rings (SSSR count). The maximum absolute atomic E-state index is 10.4. The van der Waals surface area contributed by atoms with Crippen molar-refractivity contribution in [2.45, 2.75) is 77.0 Å². The molecule has 0 unspecified atom stereocenters. The average molecular weight is 336 g/mol. The molecular formula is C20H32O4. The lowest BCUT2D eigenvalue weighted by molar-refractivity contribution is -0.137. The average Bonchev–Trinajstić information content (AvgIpc) is 2.53. The number of unbranched alkanes of at least 4 members (excludes halogenated alkanes) is 10. The van der Waals surface area contributed by atoms with E-state index in [0.717, 1.165) is 31.8 Å². The first-order valence-corrected chi connectivity index (χ1v) is 9.07. The third-order valence-electron chi connectivity index (χ3n) is 3.72. The highest BCUT2D eigenvalue weighted by Gasteiger charge is 1.96. The van der Waals surface area contributed by atoms with Gasteiger partial charge in [-0.05, 0) is 19.3 Å². The molecule has 0 atom stereocenters. The number of allylic oxidation sites excluding steroid dienone is 5. The van der Waals surface area contributed by atoms with E-state index in [-0.39, 0.29) is 0 Å². The molecule has 0 saturated carbocycles. The number of carbonyl (C=O) groups is 2. The van der Waals surface area contributed by atoms with Crippen molar-refractivity contribution in [1.29, 1.82) is 0 Å². The molecule has 0 aromatic heterocycles. The third kappa shape index (κ3) is 20.2. The van der Waals surface area contributed by atoms with Crippen LogP contribution in [0, 0.1) is 0 Å². The Labute approximate surface area is 146 Å². The summed E-state index contributed by atoms with van der Waals surface area (Å²) in [6.45, 7) is 0. The molecular weight excluding hydrogens is 304 g/mol. The fourth-order valence-corrected chi connectivity index (χ4v) is 2.39. The topological polar surface area (TPSA) is 74.6 Å². The Bertz CT molecular complexity index is 408. The Morgan fingerprint density at radius 3 is 1.67 bits per heavy atom. The van der Waals surface area contributed by atoms with Gasteiger partial charge >= 0.3 is 11.9 Å². The summed E-state index contributed by atoms with van der Waals surface area (Å²) in [7, 11) is 0. The van der Waals surface area contributed by atoms with Crippen LogP contribution in [0.1, 0.15) is 77.0 Å². The Balaban J connectivity index is 3.22. The molecule has 24 heavy (non-hydrogen) atoms. The first-order chi connectivity index (χ1) is 11.6. The van der Waals surface area contributed by atoms with Crippen molar-refractivity contribution < 1.29 is 19.8 Å². The van der Waals surface area contributed by atoms with Gasteiger partial charge in [-0.2, -0.15) is 0 Å². The lowest BCUT2D eigenvalue weighted by atomic mass is 10.1. The maximum Gasteiger partial charge on any atom is 0.328 e. The van der Waals surface area contributed by atoms with Gasteiger partial charge < -0.3 is 10.2 Å². The predicted octanol–water partition coefficient (Wildman–Crippen LogP) is 5.51. The summed E-state index contributed by atoms with van der Waals surface area (Å²) < 4.78 is 0. The van der Waals surface area contributed by atoms with E-state index in [1.807, 2.05) is 12.2 Å². The van der Waals surface area contributed by atoms with Gasteiger partial charge in [-0.1, -0.05) is 81.7 Å². The first kappa shape index (κ1) is 22.2. The maximum atomic E-state index is 10.4. The van der Waals surface area contributed by atoms with E-state index >= 15 is 0 Å². The molecule has 0 aromatic carbocycles. The van der Waals surface area contributed by atoms with Crippen LogP contribution in [0.15, 0.2) is 36.5 Å². The lowest BCUT2D eigenvalue weighted by Crippen LogP contribution is -1.93. The smallest absolute Gasteiger partial charge is 0.328 e. The number of hydrogen-bond acceptors (Lipinski definition) is 2. The highest BCUT2D eigenvalue weighted by atomic mass is 16.4. The van der Waals surface area contributed by atoms with Crippen LogP contribution in [-0.2, 0) is 9.59 Å². The Kier molecular flexibility index (Phi) is 16.2. The minimum Gasteiger partial charge on any atom is -0.481 e. The van der Waals surface area contributed by atoms with E-state index in [0.29, 0.717) is 6.42 Å². The van der Waals surface area contributed by atoms with E-state index in [9.17, 15) is 9.59 Å². The van der Waals surface area contributed by atoms with Crippen molar-refractivity contribution in [3.63, 3.8) is 0 Å². The molecule has 0 saturated heterocycles. The molecule has 4 heteroatoms. The minimum atomic E-state index is -0.929. The predicted molar refractivity (Wildman–Crippen MR) is 98.1 cm³/mol. The number of rotatable bonds is 16. The molecule has 0 aliphatic heterocycles. The lowest BCUT2D eigenvalue weighted by Gasteiger charge is -2.01. The number of hydrogen-bond donors (Lipinski definition) is 2. The zero-order valence-electron chi connectivity index (χ0n) is 14.7. The molecule has 0 amide bonds. The second-order valence-corrected chi connectivity index (χ2v) is 5.98. The summed E-state index contributed by atoms with van der Waals surface area (Å²) in [5, 5.41) is 16.9. The van der Waals surface area contributed by atoms with Crippen molar-refractivity contribution in [3.05, 3.63) is 36.5 Å². The van der Waals surface area contributed by atoms with Gasteiger partial charge in [0.2, 0.25) is 0 Å². The molecule has 0 bridgehead atoms.